The fourth-order valence-corrected chi connectivity index (χ4v) is 10.5. The number of nitrogens with one attached hydrogen (secondary N) is 1. The summed E-state index contributed by atoms with van der Waals surface area (Å²) in [6, 6.07) is 10.8. The van der Waals surface area contributed by atoms with E-state index in [-0.39, 0.29) is 65.0 Å². The largest absolute Gasteiger partial charge is 0.481 e. The third-order valence-electron chi connectivity index (χ3n) is 11.9. The van der Waals surface area contributed by atoms with Gasteiger partial charge < -0.3 is 38.4 Å². The molecule has 2 aromatic heterocycles. The monoisotopic (exact) mass is 1180 g/mol. The predicted molar refractivity (Wildman–Crippen MR) is 285 cm³/mol. The summed E-state index contributed by atoms with van der Waals surface area (Å²) in [4.78, 5) is 70.6. The van der Waals surface area contributed by atoms with Gasteiger partial charge in [0.15, 0.2) is 33.8 Å². The first-order chi connectivity index (χ1) is 36.9. The Kier molecular flexibility index (Phi) is 21.5. The maximum Gasteiger partial charge on any atom is 0.416 e. The molecular weight excluding hydrogens is 1130 g/mol. The van der Waals surface area contributed by atoms with Crippen LogP contribution in [-0.4, -0.2) is 119 Å². The number of sulfone groups is 1. The van der Waals surface area contributed by atoms with Crippen LogP contribution in [0, 0.1) is 30.5 Å². The standard InChI is InChI=1S/C18H17FN4O2S.C15H22ClNO2.C15H12F3NO4S.C3H8NO5P/c1-4-5-22-13-7-12(11(19)6-14(13)25-9-16(22)24)20-17-23-10-18(2,3)8-15(23)21-26-17;1-5-13-8-6-7-11(2)15(13)17(14(18)9-16)12(3)10-19-4;1-24(21,22)12-6-9(15(16,17)18)4-5-10(12)13(20)11-7-19-23-14(11)8-2-3-8;5-3(6)1-4-2-10(7,8)9/h1,6-7H,5,8-10H2,2-3H3;6-8,12H,5,9-10H2,1-4H3;4-8H,2-3H2,1H3;4H,1-2H2,(H,5,6)(H2,7,8,9)/b20-17-;;;. The fourth-order valence-electron chi connectivity index (χ4n) is 8.27. The molecule has 4 heterocycles. The number of carbonyl (C=O) groups excluding carboxylic acids is 3. The number of para-hydroxylation sites is 1. The molecule has 4 N–H and O–H groups in total. The van der Waals surface area contributed by atoms with Gasteiger partial charge in [0.25, 0.3) is 5.91 Å². The van der Waals surface area contributed by atoms with Crippen LogP contribution < -0.4 is 24.7 Å². The summed E-state index contributed by atoms with van der Waals surface area (Å²) in [5.41, 5.74) is 2.52. The van der Waals surface area contributed by atoms with Gasteiger partial charge in [-0.2, -0.15) is 17.5 Å². The topological polar surface area (TPSA) is 273 Å². The number of terminal acetylenes is 1. The molecule has 1 atom stereocenters. The van der Waals surface area contributed by atoms with Crippen LogP contribution in [0.25, 0.3) is 0 Å². The van der Waals surface area contributed by atoms with E-state index in [1.807, 2.05) is 30.5 Å². The number of fused-ring (bicyclic) bond motifs is 2. The van der Waals surface area contributed by atoms with Gasteiger partial charge in [-0.15, -0.1) is 18.0 Å². The smallest absolute Gasteiger partial charge is 0.416 e. The highest BCUT2D eigenvalue weighted by Crippen LogP contribution is 2.43. The average Bonchev–Trinajstić information content (AvgIpc) is 3.85. The lowest BCUT2D eigenvalue weighted by molar-refractivity contribution is -0.138. The van der Waals surface area contributed by atoms with Gasteiger partial charge in [0.2, 0.25) is 10.7 Å². The number of aliphatic carboxylic acids is 1. The van der Waals surface area contributed by atoms with Crippen molar-refractivity contribution in [3.63, 3.8) is 0 Å². The highest BCUT2D eigenvalue weighted by molar-refractivity contribution is 7.90. The minimum absolute atomic E-state index is 0.0223. The maximum absolute atomic E-state index is 14.5. The van der Waals surface area contributed by atoms with Gasteiger partial charge in [0.1, 0.15) is 23.1 Å². The predicted octanol–water partition coefficient (Wildman–Crippen LogP) is 7.42. The number of methoxy groups -OCH3 is 1. The average molecular weight is 1180 g/mol. The molecule has 79 heavy (non-hydrogen) atoms. The van der Waals surface area contributed by atoms with E-state index in [1.165, 1.54) is 34.8 Å². The number of aryl methyl sites for hydroxylation is 2. The van der Waals surface area contributed by atoms with Crippen molar-refractivity contribution >= 4 is 81.2 Å². The lowest BCUT2D eigenvalue weighted by Crippen LogP contribution is -2.43. The van der Waals surface area contributed by atoms with E-state index in [9.17, 15) is 49.7 Å². The number of nitrogens with zero attached hydrogens (tertiary/aromatic N) is 6. The quantitative estimate of drug-likeness (QED) is 0.0246. The van der Waals surface area contributed by atoms with Crippen molar-refractivity contribution in [3.05, 3.63) is 105 Å². The van der Waals surface area contributed by atoms with Crippen molar-refractivity contribution in [2.45, 2.75) is 89.9 Å². The highest BCUT2D eigenvalue weighted by Gasteiger charge is 2.37. The lowest BCUT2D eigenvalue weighted by Gasteiger charge is -2.31. The molecule has 2 amide bonds. The van der Waals surface area contributed by atoms with Crippen molar-refractivity contribution in [2.24, 2.45) is 10.4 Å². The van der Waals surface area contributed by atoms with Crippen LogP contribution >= 0.6 is 30.7 Å². The van der Waals surface area contributed by atoms with Gasteiger partial charge in [0.05, 0.1) is 65.6 Å². The number of halogens is 5. The number of carboxylic acid groups (broad SMARTS) is 1. The summed E-state index contributed by atoms with van der Waals surface area (Å²) < 4.78 is 109. The molecule has 3 aromatic carbocycles. The number of alkyl halides is 4. The van der Waals surface area contributed by atoms with E-state index in [0.29, 0.717) is 40.7 Å². The van der Waals surface area contributed by atoms with E-state index in [2.05, 4.69) is 52.6 Å². The fraction of sp³-hybridized carbons (Fsp3) is 0.431. The normalized spacial score (nSPS) is 15.1. The summed E-state index contributed by atoms with van der Waals surface area (Å²) in [6.45, 7) is 11.2. The van der Waals surface area contributed by atoms with Gasteiger partial charge in [0, 0.05) is 55.4 Å². The molecule has 20 nitrogen and oxygen atoms in total. The van der Waals surface area contributed by atoms with Crippen LogP contribution in [0.15, 0.2) is 69.1 Å². The number of hydrogen-bond donors (Lipinski definition) is 4. The number of ketones is 1. The van der Waals surface area contributed by atoms with Crippen molar-refractivity contribution in [1.82, 2.24) is 19.4 Å². The summed E-state index contributed by atoms with van der Waals surface area (Å²) in [5.74, 6) is 1.34. The third-order valence-corrected chi connectivity index (χ3v) is 14.7. The van der Waals surface area contributed by atoms with Crippen LogP contribution in [0.2, 0.25) is 0 Å². The molecule has 28 heteroatoms. The molecule has 428 valence electrons. The Morgan fingerprint density at radius 2 is 1.85 bits per heavy atom. The van der Waals surface area contributed by atoms with Gasteiger partial charge in [-0.3, -0.25) is 34.0 Å². The molecule has 3 aliphatic rings. The van der Waals surface area contributed by atoms with E-state index < -0.39 is 64.5 Å². The first-order valence-electron chi connectivity index (χ1n) is 24.1. The Morgan fingerprint density at radius 3 is 2.43 bits per heavy atom. The van der Waals surface area contributed by atoms with E-state index in [0.717, 1.165) is 67.2 Å². The van der Waals surface area contributed by atoms with Crippen molar-refractivity contribution < 1.29 is 78.6 Å². The van der Waals surface area contributed by atoms with E-state index >= 15 is 0 Å². The zero-order chi connectivity index (χ0) is 58.8. The molecule has 0 bridgehead atoms. The molecule has 0 radical (unpaired) electrons. The second-order valence-electron chi connectivity index (χ2n) is 19.1. The van der Waals surface area contributed by atoms with Gasteiger partial charge in [-0.05, 0) is 73.9 Å². The highest BCUT2D eigenvalue weighted by atomic mass is 35.5. The number of aromatic nitrogens is 3. The SMILES string of the molecule is C#CCN1C(=O)COc2cc(F)c(/N=c3\snc4n3CC(C)(C)C4)cc21.CCc1cccc(C)c1N(C(=O)CCl)C(C)COC.CS(=O)(=O)c1cc(C(F)(F)F)ccc1C(=O)c1cnoc1C1CC1.O=C(O)CNCP(=O)(O)O. The Labute approximate surface area is 462 Å². The summed E-state index contributed by atoms with van der Waals surface area (Å²) >= 11 is 7.00. The molecule has 1 unspecified atom stereocenters. The molecule has 0 saturated heterocycles. The zero-order valence-electron chi connectivity index (χ0n) is 44.0. The Hall–Kier alpha value is -6.30. The number of benzene rings is 3. The van der Waals surface area contributed by atoms with Crippen LogP contribution in [0.5, 0.6) is 5.75 Å². The van der Waals surface area contributed by atoms with Crippen molar-refractivity contribution in [3.8, 4) is 18.1 Å². The second-order valence-corrected chi connectivity index (χ2v) is 23.8. The van der Waals surface area contributed by atoms with Gasteiger partial charge in [-0.1, -0.05) is 50.0 Å². The Balaban J connectivity index is 0.000000203. The number of anilines is 2. The van der Waals surface area contributed by atoms with Crippen molar-refractivity contribution in [1.29, 1.82) is 0 Å². The second kappa shape index (κ2) is 26.8. The molecule has 5 aromatic rings. The summed E-state index contributed by atoms with van der Waals surface area (Å²) in [7, 11) is -6.50. The number of rotatable bonds is 16. The summed E-state index contributed by atoms with van der Waals surface area (Å²) in [5, 5.41) is 13.6. The molecule has 2 aliphatic heterocycles. The zero-order valence-corrected chi connectivity index (χ0v) is 47.3. The third kappa shape index (κ3) is 17.1. The number of ether oxygens (including phenoxy) is 2. The van der Waals surface area contributed by atoms with E-state index in [1.54, 1.807) is 12.0 Å². The number of amides is 2. The first kappa shape index (κ1) is 63.5. The minimum Gasteiger partial charge on any atom is -0.481 e. The molecule has 1 saturated carbocycles. The summed E-state index contributed by atoms with van der Waals surface area (Å²) in [6.07, 6.45) is 5.35. The van der Waals surface area contributed by atoms with Crippen molar-refractivity contribution in [2.75, 3.05) is 61.6 Å². The Bertz CT molecular complexity index is 3330. The first-order valence-corrected chi connectivity index (χ1v) is 29.1. The minimum atomic E-state index is -4.71. The maximum atomic E-state index is 14.5. The molecule has 8 rings (SSSR count). The molecule has 1 aliphatic carbocycles. The van der Waals surface area contributed by atoms with Crippen LogP contribution in [-0.2, 0) is 59.1 Å². The number of carboxylic acids is 1. The van der Waals surface area contributed by atoms with Gasteiger partial charge >= 0.3 is 19.7 Å². The van der Waals surface area contributed by atoms with Crippen LogP contribution in [0.1, 0.15) is 90.7 Å². The van der Waals surface area contributed by atoms with Crippen LogP contribution in [0.4, 0.5) is 34.6 Å². The molecule has 1 fully saturated rings. The molecular formula is C51H59ClF4N7O13PS2. The number of carbonyl (C=O) groups is 4. The Morgan fingerprint density at radius 1 is 1.15 bits per heavy atom. The molecule has 0 spiro atoms. The van der Waals surface area contributed by atoms with Gasteiger partial charge in [-0.25, -0.2) is 17.8 Å². The lowest BCUT2D eigenvalue weighted by atomic mass is 9.92. The van der Waals surface area contributed by atoms with Crippen LogP contribution in [0.3, 0.4) is 0 Å². The number of hydrogen-bond acceptors (Lipinski definition) is 15. The van der Waals surface area contributed by atoms with E-state index in [4.69, 9.17) is 46.9 Å².